The summed E-state index contributed by atoms with van der Waals surface area (Å²) < 4.78 is 43.5. The van der Waals surface area contributed by atoms with Crippen molar-refractivity contribution in [3.05, 3.63) is 29.8 Å². The highest BCUT2D eigenvalue weighted by atomic mass is 35.5. The summed E-state index contributed by atoms with van der Waals surface area (Å²) in [6, 6.07) is 6.24. The fourth-order valence-electron chi connectivity index (χ4n) is 2.50. The van der Waals surface area contributed by atoms with Crippen molar-refractivity contribution in [2.75, 3.05) is 33.3 Å². The van der Waals surface area contributed by atoms with Gasteiger partial charge in [0.25, 0.3) is 0 Å². The quantitative estimate of drug-likeness (QED) is 0.889. The van der Waals surface area contributed by atoms with E-state index in [2.05, 4.69) is 5.32 Å². The lowest BCUT2D eigenvalue weighted by atomic mass is 10.0. The van der Waals surface area contributed by atoms with E-state index < -0.39 is 18.6 Å². The largest absolute Gasteiger partial charge is 0.497 e. The Balaban J connectivity index is 0.00000220. The van der Waals surface area contributed by atoms with E-state index in [0.717, 1.165) is 13.1 Å². The molecule has 1 saturated heterocycles. The van der Waals surface area contributed by atoms with Gasteiger partial charge in [-0.3, -0.25) is 4.90 Å². The van der Waals surface area contributed by atoms with Crippen LogP contribution in [0.3, 0.4) is 0 Å². The number of alkyl halides is 3. The minimum atomic E-state index is -4.17. The molecule has 1 aliphatic rings. The Bertz CT molecular complexity index is 423. The van der Waals surface area contributed by atoms with E-state index in [4.69, 9.17) is 4.74 Å². The Hall–Kier alpha value is -0.690. The number of ether oxygens (including phenoxy) is 1. The molecule has 1 aliphatic heterocycles. The zero-order chi connectivity index (χ0) is 14.6. The van der Waals surface area contributed by atoms with Crippen molar-refractivity contribution in [3.63, 3.8) is 0 Å². The summed E-state index contributed by atoms with van der Waals surface area (Å²) >= 11 is 0. The SMILES string of the molecule is COc1ccc([C@H](CC(F)(F)F)N2CCNCC2)cc1.Cl.Cl. The molecule has 1 aromatic rings. The first kappa shape index (κ1) is 21.3. The van der Waals surface area contributed by atoms with Crippen LogP contribution in [-0.2, 0) is 0 Å². The number of rotatable bonds is 4. The number of methoxy groups -OCH3 is 1. The summed E-state index contributed by atoms with van der Waals surface area (Å²) in [4.78, 5) is 1.89. The third kappa shape index (κ3) is 6.20. The molecule has 0 unspecified atom stereocenters. The summed E-state index contributed by atoms with van der Waals surface area (Å²) in [5.74, 6) is 0.653. The number of hydrogen-bond donors (Lipinski definition) is 1. The van der Waals surface area contributed by atoms with Gasteiger partial charge in [0.2, 0.25) is 0 Å². The van der Waals surface area contributed by atoms with Gasteiger partial charge < -0.3 is 10.1 Å². The van der Waals surface area contributed by atoms with Gasteiger partial charge in [-0.1, -0.05) is 12.1 Å². The van der Waals surface area contributed by atoms with Gasteiger partial charge in [-0.25, -0.2) is 0 Å². The standard InChI is InChI=1S/C14H19F3N2O.2ClH/c1-20-12-4-2-11(3-5-12)13(10-14(15,16)17)19-8-6-18-7-9-19;;/h2-5,13,18H,6-10H2,1H3;2*1H/t13-;;/m0../s1. The highest BCUT2D eigenvalue weighted by molar-refractivity contribution is 5.85. The molecule has 1 N–H and O–H groups in total. The van der Waals surface area contributed by atoms with E-state index >= 15 is 0 Å². The summed E-state index contributed by atoms with van der Waals surface area (Å²) in [5, 5.41) is 3.16. The first-order valence-corrected chi connectivity index (χ1v) is 6.65. The van der Waals surface area contributed by atoms with E-state index in [1.165, 1.54) is 0 Å². The average Bonchev–Trinajstić information content (AvgIpc) is 2.45. The first-order valence-electron chi connectivity index (χ1n) is 6.65. The van der Waals surface area contributed by atoms with Gasteiger partial charge in [0, 0.05) is 32.2 Å². The molecule has 2 rings (SSSR count). The molecule has 0 aromatic heterocycles. The summed E-state index contributed by atoms with van der Waals surface area (Å²) in [6.45, 7) is 2.72. The van der Waals surface area contributed by atoms with Crippen molar-refractivity contribution < 1.29 is 17.9 Å². The molecule has 3 nitrogen and oxygen atoms in total. The first-order chi connectivity index (χ1) is 9.49. The monoisotopic (exact) mass is 360 g/mol. The van der Waals surface area contributed by atoms with Crippen LogP contribution in [0, 0.1) is 0 Å². The smallest absolute Gasteiger partial charge is 0.390 e. The third-order valence-corrected chi connectivity index (χ3v) is 3.52. The van der Waals surface area contributed by atoms with E-state index in [-0.39, 0.29) is 24.8 Å². The number of halogens is 5. The number of piperazine rings is 1. The van der Waals surface area contributed by atoms with E-state index in [1.807, 2.05) is 4.90 Å². The normalized spacial score (nSPS) is 17.1. The molecule has 22 heavy (non-hydrogen) atoms. The van der Waals surface area contributed by atoms with Crippen molar-refractivity contribution in [1.29, 1.82) is 0 Å². The van der Waals surface area contributed by atoms with Crippen LogP contribution in [-0.4, -0.2) is 44.4 Å². The zero-order valence-corrected chi connectivity index (χ0v) is 13.9. The third-order valence-electron chi connectivity index (χ3n) is 3.52. The lowest BCUT2D eigenvalue weighted by Crippen LogP contribution is -2.46. The van der Waals surface area contributed by atoms with Gasteiger partial charge in [0.15, 0.2) is 0 Å². The van der Waals surface area contributed by atoms with E-state index in [0.29, 0.717) is 24.4 Å². The molecule has 0 aliphatic carbocycles. The topological polar surface area (TPSA) is 24.5 Å². The van der Waals surface area contributed by atoms with Crippen molar-refractivity contribution in [1.82, 2.24) is 10.2 Å². The molecule has 1 heterocycles. The Labute approximate surface area is 141 Å². The van der Waals surface area contributed by atoms with Gasteiger partial charge in [-0.2, -0.15) is 13.2 Å². The van der Waals surface area contributed by atoms with Crippen LogP contribution in [0.25, 0.3) is 0 Å². The molecule has 8 heteroatoms. The van der Waals surface area contributed by atoms with Crippen LogP contribution in [0.2, 0.25) is 0 Å². The van der Waals surface area contributed by atoms with Gasteiger partial charge in [0.05, 0.1) is 13.5 Å². The zero-order valence-electron chi connectivity index (χ0n) is 12.2. The predicted molar refractivity (Wildman–Crippen MR) is 85.3 cm³/mol. The second-order valence-corrected chi connectivity index (χ2v) is 4.89. The highest BCUT2D eigenvalue weighted by Gasteiger charge is 2.35. The molecule has 0 amide bonds. The van der Waals surface area contributed by atoms with Crippen LogP contribution >= 0.6 is 24.8 Å². The maximum atomic E-state index is 12.8. The Morgan fingerprint density at radius 1 is 1.14 bits per heavy atom. The van der Waals surface area contributed by atoms with Crippen molar-refractivity contribution >= 4 is 24.8 Å². The number of nitrogens with one attached hydrogen (secondary N) is 1. The van der Waals surface area contributed by atoms with Crippen molar-refractivity contribution in [3.8, 4) is 5.75 Å². The van der Waals surface area contributed by atoms with E-state index in [1.54, 1.807) is 31.4 Å². The van der Waals surface area contributed by atoms with Crippen LogP contribution in [0.15, 0.2) is 24.3 Å². The Morgan fingerprint density at radius 2 is 1.68 bits per heavy atom. The Kier molecular flexibility index (Phi) is 9.15. The van der Waals surface area contributed by atoms with Crippen LogP contribution in [0.4, 0.5) is 13.2 Å². The summed E-state index contributed by atoms with van der Waals surface area (Å²) in [7, 11) is 1.54. The number of hydrogen-bond acceptors (Lipinski definition) is 3. The summed E-state index contributed by atoms with van der Waals surface area (Å²) in [6.07, 6.45) is -4.99. The fraction of sp³-hybridized carbons (Fsp3) is 0.571. The molecule has 0 saturated carbocycles. The molecule has 128 valence electrons. The maximum absolute atomic E-state index is 12.8. The van der Waals surface area contributed by atoms with Crippen LogP contribution in [0.1, 0.15) is 18.0 Å². The van der Waals surface area contributed by atoms with Crippen molar-refractivity contribution in [2.45, 2.75) is 18.6 Å². The molecule has 0 radical (unpaired) electrons. The molecule has 1 fully saturated rings. The lowest BCUT2D eigenvalue weighted by molar-refractivity contribution is -0.148. The minimum absolute atomic E-state index is 0. The van der Waals surface area contributed by atoms with Crippen molar-refractivity contribution in [2.24, 2.45) is 0 Å². The lowest BCUT2D eigenvalue weighted by Gasteiger charge is -2.35. The van der Waals surface area contributed by atoms with Gasteiger partial charge >= 0.3 is 6.18 Å². The molecular weight excluding hydrogens is 340 g/mol. The van der Waals surface area contributed by atoms with Crippen LogP contribution < -0.4 is 10.1 Å². The predicted octanol–water partition coefficient (Wildman–Crippen LogP) is 3.44. The maximum Gasteiger partial charge on any atom is 0.390 e. The molecular formula is C14H21Cl2F3N2O. The molecule has 0 bridgehead atoms. The second kappa shape index (κ2) is 9.45. The number of benzene rings is 1. The molecule has 1 aromatic carbocycles. The van der Waals surface area contributed by atoms with Crippen LogP contribution in [0.5, 0.6) is 5.75 Å². The van der Waals surface area contributed by atoms with E-state index in [9.17, 15) is 13.2 Å². The molecule has 1 atom stereocenters. The summed E-state index contributed by atoms with van der Waals surface area (Å²) in [5.41, 5.74) is 0.685. The van der Waals surface area contributed by atoms with Gasteiger partial charge in [-0.15, -0.1) is 24.8 Å². The fourth-order valence-corrected chi connectivity index (χ4v) is 2.50. The average molecular weight is 361 g/mol. The Morgan fingerprint density at radius 3 is 2.14 bits per heavy atom. The van der Waals surface area contributed by atoms with Gasteiger partial charge in [-0.05, 0) is 17.7 Å². The van der Waals surface area contributed by atoms with Gasteiger partial charge in [0.1, 0.15) is 5.75 Å². The second-order valence-electron chi connectivity index (χ2n) is 4.89. The number of nitrogens with zero attached hydrogens (tertiary/aromatic N) is 1. The molecule has 0 spiro atoms. The highest BCUT2D eigenvalue weighted by Crippen LogP contribution is 2.34. The minimum Gasteiger partial charge on any atom is -0.497 e.